The Labute approximate surface area is 455 Å². The lowest BCUT2D eigenvalue weighted by molar-refractivity contribution is 0.0713. The molecule has 5 rings (SSSR count). The summed E-state index contributed by atoms with van der Waals surface area (Å²) in [5, 5.41) is 9.75. The summed E-state index contributed by atoms with van der Waals surface area (Å²) in [6.45, 7) is 4.53. The Hall–Kier alpha value is -6.53. The van der Waals surface area contributed by atoms with Crippen molar-refractivity contribution in [2.75, 3.05) is 0 Å². The first kappa shape index (κ1) is 60.3. The van der Waals surface area contributed by atoms with Crippen molar-refractivity contribution >= 4 is 23.9 Å². The van der Waals surface area contributed by atoms with Crippen LogP contribution in [0.15, 0.2) is 115 Å². The van der Waals surface area contributed by atoms with Crippen molar-refractivity contribution in [2.24, 2.45) is 0 Å². The number of rotatable bonds is 38. The van der Waals surface area contributed by atoms with Crippen LogP contribution in [0.5, 0.6) is 23.0 Å². The van der Waals surface area contributed by atoms with Crippen molar-refractivity contribution in [1.82, 2.24) is 0 Å². The van der Waals surface area contributed by atoms with Gasteiger partial charge in [-0.25, -0.2) is 19.2 Å². The first-order valence-electron chi connectivity index (χ1n) is 29.1. The molecule has 9 nitrogen and oxygen atoms in total. The van der Waals surface area contributed by atoms with Gasteiger partial charge in [-0.05, 0) is 122 Å². The van der Waals surface area contributed by atoms with E-state index in [0.717, 1.165) is 25.7 Å². The number of hydrogen-bond donors (Lipinski definition) is 0. The summed E-state index contributed by atoms with van der Waals surface area (Å²) in [6, 6.07) is 33.0. The third-order valence-electron chi connectivity index (χ3n) is 14.1. The normalized spacial score (nSPS) is 11.0. The molecule has 0 aliphatic heterocycles. The predicted octanol–water partition coefficient (Wildman–Crippen LogP) is 18.5. The fourth-order valence-electron chi connectivity index (χ4n) is 9.38. The quantitative estimate of drug-likeness (QED) is 0.0215. The topological polar surface area (TPSA) is 129 Å². The SMILES string of the molecule is CCCCCCCCCCCCCCCCc1ccc(OC(=O)c2ccc(C(=O)Oc3ccc(C#N)c(OC(=O)c4ccc(C(=O)Oc5ccc(CCCCCCCCCCCCCCCC)cc5)cc4)c3)cc2)cc1. The maximum absolute atomic E-state index is 13.2. The molecule has 5 aromatic rings. The Morgan fingerprint density at radius 1 is 0.329 bits per heavy atom. The van der Waals surface area contributed by atoms with Gasteiger partial charge >= 0.3 is 23.9 Å². The molecular formula is C67H85NO8. The van der Waals surface area contributed by atoms with Gasteiger partial charge < -0.3 is 18.9 Å². The molecule has 0 saturated heterocycles. The third kappa shape index (κ3) is 23.6. The standard InChI is InChI=1S/C67H85NO8/c1-3-5-7-9-11-13-15-17-19-21-23-25-27-29-31-53-33-46-60(47-34-53)73-64(69)55-37-39-57(40-38-55)66(71)75-62-50-45-59(52-68)63(51-62)76-67(72)58-43-41-56(42-44-58)65(70)74-61-48-35-54(36-49-61)32-30-28-26-24-22-20-18-16-14-12-10-8-6-4-2/h33-51H,3-32H2,1-2H3. The highest BCUT2D eigenvalue weighted by Crippen LogP contribution is 2.27. The van der Waals surface area contributed by atoms with E-state index in [0.29, 0.717) is 11.5 Å². The minimum atomic E-state index is -0.784. The summed E-state index contributed by atoms with van der Waals surface area (Å²) in [4.78, 5) is 52.3. The number of hydrogen-bond acceptors (Lipinski definition) is 9. The van der Waals surface area contributed by atoms with Gasteiger partial charge in [0.1, 0.15) is 23.3 Å². The van der Waals surface area contributed by atoms with Crippen molar-refractivity contribution in [3.05, 3.63) is 154 Å². The zero-order valence-corrected chi connectivity index (χ0v) is 45.9. The van der Waals surface area contributed by atoms with Gasteiger partial charge in [-0.15, -0.1) is 0 Å². The van der Waals surface area contributed by atoms with Gasteiger partial charge in [-0.2, -0.15) is 5.26 Å². The average molecular weight is 1030 g/mol. The number of carbonyl (C=O) groups excluding carboxylic acids is 4. The van der Waals surface area contributed by atoms with E-state index in [9.17, 15) is 24.4 Å². The second kappa shape index (κ2) is 36.5. The molecule has 0 radical (unpaired) electrons. The molecule has 0 aliphatic rings. The second-order valence-electron chi connectivity index (χ2n) is 20.5. The molecule has 0 spiro atoms. The Bertz CT molecular complexity index is 2490. The maximum atomic E-state index is 13.2. The lowest BCUT2D eigenvalue weighted by atomic mass is 10.0. The van der Waals surface area contributed by atoms with Gasteiger partial charge in [0.25, 0.3) is 0 Å². The van der Waals surface area contributed by atoms with Crippen LogP contribution in [0.25, 0.3) is 0 Å². The molecule has 5 aromatic carbocycles. The van der Waals surface area contributed by atoms with Crippen molar-refractivity contribution in [3.8, 4) is 29.1 Å². The molecule has 0 N–H and O–H groups in total. The van der Waals surface area contributed by atoms with Crippen molar-refractivity contribution in [2.45, 2.75) is 206 Å². The minimum absolute atomic E-state index is 0.0315. The molecule has 9 heteroatoms. The van der Waals surface area contributed by atoms with E-state index in [1.807, 2.05) is 30.3 Å². The van der Waals surface area contributed by atoms with Crippen molar-refractivity contribution in [1.29, 1.82) is 5.26 Å². The summed E-state index contributed by atoms with van der Waals surface area (Å²) < 4.78 is 22.3. The van der Waals surface area contributed by atoms with Gasteiger partial charge in [0.15, 0.2) is 5.75 Å². The first-order chi connectivity index (χ1) is 37.3. The van der Waals surface area contributed by atoms with Crippen LogP contribution in [0.2, 0.25) is 0 Å². The number of nitrogens with zero attached hydrogens (tertiary/aromatic N) is 1. The van der Waals surface area contributed by atoms with Crippen LogP contribution >= 0.6 is 0 Å². The molecule has 0 aliphatic carbocycles. The lowest BCUT2D eigenvalue weighted by Gasteiger charge is -2.10. The fraction of sp³-hybridized carbons (Fsp3) is 0.478. The highest BCUT2D eigenvalue weighted by Gasteiger charge is 2.18. The summed E-state index contributed by atoms with van der Waals surface area (Å²) in [7, 11) is 0. The number of ether oxygens (including phenoxy) is 4. The summed E-state index contributed by atoms with van der Waals surface area (Å²) in [6.07, 6.45) is 39.2. The molecule has 0 atom stereocenters. The zero-order valence-electron chi connectivity index (χ0n) is 45.9. The molecule has 406 valence electrons. The maximum Gasteiger partial charge on any atom is 0.343 e. The van der Waals surface area contributed by atoms with Crippen LogP contribution in [-0.2, 0) is 12.8 Å². The Morgan fingerprint density at radius 2 is 0.592 bits per heavy atom. The molecule has 0 bridgehead atoms. The van der Waals surface area contributed by atoms with Crippen molar-refractivity contribution < 1.29 is 38.1 Å². The summed E-state index contributed by atoms with van der Waals surface area (Å²) in [5.74, 6) is -1.85. The van der Waals surface area contributed by atoms with Gasteiger partial charge in [0.05, 0.1) is 27.8 Å². The van der Waals surface area contributed by atoms with Crippen LogP contribution < -0.4 is 18.9 Å². The largest absolute Gasteiger partial charge is 0.423 e. The minimum Gasteiger partial charge on any atom is -0.423 e. The van der Waals surface area contributed by atoms with Crippen LogP contribution in [0.3, 0.4) is 0 Å². The lowest BCUT2D eigenvalue weighted by Crippen LogP contribution is -2.13. The number of nitriles is 1. The van der Waals surface area contributed by atoms with E-state index >= 15 is 0 Å². The van der Waals surface area contributed by atoms with E-state index in [2.05, 4.69) is 13.8 Å². The molecule has 0 saturated carbocycles. The molecule has 0 unspecified atom stereocenters. The van der Waals surface area contributed by atoms with Crippen molar-refractivity contribution in [3.63, 3.8) is 0 Å². The Balaban J connectivity index is 0.970. The molecule has 0 fully saturated rings. The number of carbonyl (C=O) groups is 4. The monoisotopic (exact) mass is 1030 g/mol. The third-order valence-corrected chi connectivity index (χ3v) is 14.1. The highest BCUT2D eigenvalue weighted by atomic mass is 16.6. The molecule has 0 amide bonds. The molecule has 0 heterocycles. The fourth-order valence-corrected chi connectivity index (χ4v) is 9.38. The molecular weight excluding hydrogens is 947 g/mol. The molecule has 76 heavy (non-hydrogen) atoms. The van der Waals surface area contributed by atoms with E-state index in [-0.39, 0.29) is 39.3 Å². The first-order valence-corrected chi connectivity index (χ1v) is 29.1. The van der Waals surface area contributed by atoms with Gasteiger partial charge in [0.2, 0.25) is 0 Å². The zero-order chi connectivity index (χ0) is 53.8. The van der Waals surface area contributed by atoms with Gasteiger partial charge in [-0.3, -0.25) is 0 Å². The van der Waals surface area contributed by atoms with Crippen LogP contribution in [-0.4, -0.2) is 23.9 Å². The van der Waals surface area contributed by atoms with Gasteiger partial charge in [-0.1, -0.05) is 205 Å². The van der Waals surface area contributed by atoms with Crippen LogP contribution in [0.1, 0.15) is 252 Å². The average Bonchev–Trinajstić information content (AvgIpc) is 3.44. The highest BCUT2D eigenvalue weighted by molar-refractivity contribution is 5.96. The smallest absolute Gasteiger partial charge is 0.343 e. The number of esters is 4. The van der Waals surface area contributed by atoms with Crippen LogP contribution in [0.4, 0.5) is 0 Å². The van der Waals surface area contributed by atoms with E-state index in [4.69, 9.17) is 18.9 Å². The molecule has 0 aromatic heterocycles. The van der Waals surface area contributed by atoms with E-state index < -0.39 is 23.9 Å². The van der Waals surface area contributed by atoms with Crippen LogP contribution in [0, 0.1) is 11.3 Å². The second-order valence-corrected chi connectivity index (χ2v) is 20.5. The summed E-state index contributed by atoms with van der Waals surface area (Å²) >= 11 is 0. The summed E-state index contributed by atoms with van der Waals surface area (Å²) in [5.41, 5.74) is 3.26. The number of benzene rings is 5. The van der Waals surface area contributed by atoms with E-state index in [1.165, 1.54) is 245 Å². The van der Waals surface area contributed by atoms with E-state index in [1.54, 1.807) is 24.3 Å². The Morgan fingerprint density at radius 3 is 0.895 bits per heavy atom. The van der Waals surface area contributed by atoms with Gasteiger partial charge in [0, 0.05) is 6.07 Å². The number of aryl methyl sites for hydroxylation is 2. The number of unbranched alkanes of at least 4 members (excludes halogenated alkanes) is 26. The predicted molar refractivity (Wildman–Crippen MR) is 305 cm³/mol. The Kier molecular flexibility index (Phi) is 28.9.